The molecule has 160 valence electrons. The molecule has 12 nitrogen and oxygen atoms in total. The first-order chi connectivity index (χ1) is 13.6. The molecule has 1 saturated heterocycles. The third-order valence-electron chi connectivity index (χ3n) is 4.08. The molecular formula is C17H22N2O10. The molecule has 0 aromatic carbocycles. The highest BCUT2D eigenvalue weighted by Gasteiger charge is 2.50. The van der Waals surface area contributed by atoms with Gasteiger partial charge in [-0.25, -0.2) is 9.59 Å². The van der Waals surface area contributed by atoms with Crippen molar-refractivity contribution in [2.75, 3.05) is 13.7 Å². The number of carbonyl (C=O) groups excluding carboxylic acids is 5. The van der Waals surface area contributed by atoms with E-state index in [0.29, 0.717) is 0 Å². The molecule has 2 amide bonds. The Kier molecular flexibility index (Phi) is 7.02. The fraction of sp³-hybridized carbons (Fsp3) is 0.588. The Morgan fingerprint density at radius 2 is 1.72 bits per heavy atom. The summed E-state index contributed by atoms with van der Waals surface area (Å²) < 4.78 is 25.7. The number of rotatable bonds is 7. The lowest BCUT2D eigenvalue weighted by atomic mass is 9.93. The van der Waals surface area contributed by atoms with Crippen molar-refractivity contribution in [1.29, 1.82) is 0 Å². The van der Waals surface area contributed by atoms with Crippen LogP contribution >= 0.6 is 0 Å². The van der Waals surface area contributed by atoms with Gasteiger partial charge in [0.15, 0.2) is 18.3 Å². The minimum absolute atomic E-state index is 0.228. The van der Waals surface area contributed by atoms with Crippen molar-refractivity contribution >= 4 is 29.9 Å². The molecule has 0 spiro atoms. The van der Waals surface area contributed by atoms with Gasteiger partial charge in [0.05, 0.1) is 19.2 Å². The van der Waals surface area contributed by atoms with E-state index >= 15 is 0 Å². The first kappa shape index (κ1) is 22.0. The first-order valence-electron chi connectivity index (χ1n) is 8.64. The highest BCUT2D eigenvalue weighted by molar-refractivity contribution is 5.87. The third-order valence-corrected chi connectivity index (χ3v) is 4.08. The molecule has 2 rings (SSSR count). The quantitative estimate of drug-likeness (QED) is 0.388. The number of fused-ring (bicyclic) bond motifs is 1. The maximum atomic E-state index is 12.0. The van der Waals surface area contributed by atoms with Gasteiger partial charge in [0, 0.05) is 20.8 Å². The van der Waals surface area contributed by atoms with Gasteiger partial charge >= 0.3 is 29.9 Å². The predicted octanol–water partition coefficient (Wildman–Crippen LogP) is -1.08. The minimum Gasteiger partial charge on any atom is -0.477 e. The SMILES string of the molecule is COC(=O)C1=CC2NC(=O)NC2C(C(OC(C)=O)C(COC(C)=O)OC(C)=O)O1. The lowest BCUT2D eigenvalue weighted by Crippen LogP contribution is -2.58. The Hall–Kier alpha value is -3.31. The number of methoxy groups -OCH3 is 1. The number of hydrogen-bond donors (Lipinski definition) is 2. The van der Waals surface area contributed by atoms with E-state index in [9.17, 15) is 24.0 Å². The Labute approximate surface area is 165 Å². The average Bonchev–Trinajstić information content (AvgIpc) is 3.01. The van der Waals surface area contributed by atoms with Gasteiger partial charge in [0.25, 0.3) is 0 Å². The molecule has 0 aromatic rings. The second-order valence-corrected chi connectivity index (χ2v) is 6.30. The fourth-order valence-electron chi connectivity index (χ4n) is 3.02. The zero-order valence-corrected chi connectivity index (χ0v) is 16.3. The lowest BCUT2D eigenvalue weighted by molar-refractivity contribution is -0.187. The molecule has 2 N–H and O–H groups in total. The molecule has 5 unspecified atom stereocenters. The summed E-state index contributed by atoms with van der Waals surface area (Å²) in [5, 5.41) is 5.18. The van der Waals surface area contributed by atoms with Gasteiger partial charge in [-0.1, -0.05) is 0 Å². The van der Waals surface area contributed by atoms with Crippen LogP contribution in [0.3, 0.4) is 0 Å². The third kappa shape index (κ3) is 5.59. The van der Waals surface area contributed by atoms with Crippen LogP contribution < -0.4 is 10.6 Å². The number of carbonyl (C=O) groups is 5. The zero-order chi connectivity index (χ0) is 21.7. The van der Waals surface area contributed by atoms with E-state index in [1.807, 2.05) is 0 Å². The van der Waals surface area contributed by atoms with Gasteiger partial charge in [0.2, 0.25) is 5.76 Å². The van der Waals surface area contributed by atoms with Crippen molar-refractivity contribution in [2.24, 2.45) is 0 Å². The second kappa shape index (κ2) is 9.26. The van der Waals surface area contributed by atoms with Crippen LogP contribution in [0.2, 0.25) is 0 Å². The maximum absolute atomic E-state index is 12.0. The number of nitrogens with one attached hydrogen (secondary N) is 2. The fourth-order valence-corrected chi connectivity index (χ4v) is 3.02. The van der Waals surface area contributed by atoms with Crippen LogP contribution in [-0.2, 0) is 42.9 Å². The standard InChI is InChI=1S/C17H22N2O10/c1-7(20)26-6-12(27-8(2)21)14(28-9(3)22)15-13-10(18-17(24)19-13)5-11(29-15)16(23)25-4/h5,10,12-15H,6H2,1-4H3,(H2,18,19,24). The Morgan fingerprint density at radius 3 is 2.28 bits per heavy atom. The van der Waals surface area contributed by atoms with Gasteiger partial charge in [-0.05, 0) is 6.08 Å². The van der Waals surface area contributed by atoms with E-state index in [1.165, 1.54) is 6.08 Å². The number of esters is 4. The molecule has 12 heteroatoms. The van der Waals surface area contributed by atoms with E-state index in [4.69, 9.17) is 18.9 Å². The average molecular weight is 414 g/mol. The number of ether oxygens (including phenoxy) is 5. The molecular weight excluding hydrogens is 392 g/mol. The normalized spacial score (nSPS) is 24.3. The molecule has 0 aromatic heterocycles. The summed E-state index contributed by atoms with van der Waals surface area (Å²) in [5.41, 5.74) is 0. The van der Waals surface area contributed by atoms with Gasteiger partial charge in [0.1, 0.15) is 6.61 Å². The highest BCUT2D eigenvalue weighted by Crippen LogP contribution is 2.28. The van der Waals surface area contributed by atoms with E-state index in [0.717, 1.165) is 27.9 Å². The molecule has 2 aliphatic heterocycles. The zero-order valence-electron chi connectivity index (χ0n) is 16.3. The lowest BCUT2D eigenvalue weighted by Gasteiger charge is -2.38. The molecule has 2 heterocycles. The van der Waals surface area contributed by atoms with Crippen LogP contribution in [0.25, 0.3) is 0 Å². The number of amides is 2. The second-order valence-electron chi connectivity index (χ2n) is 6.30. The van der Waals surface area contributed by atoms with E-state index < -0.39 is 66.9 Å². The molecule has 0 saturated carbocycles. The number of urea groups is 1. The monoisotopic (exact) mass is 414 g/mol. The topological polar surface area (TPSA) is 156 Å². The molecule has 2 aliphatic rings. The van der Waals surface area contributed by atoms with E-state index in [-0.39, 0.29) is 5.76 Å². The number of hydrogen-bond acceptors (Lipinski definition) is 10. The van der Waals surface area contributed by atoms with Crippen LogP contribution in [0.1, 0.15) is 20.8 Å². The Bertz CT molecular complexity index is 734. The van der Waals surface area contributed by atoms with Crippen LogP contribution in [0.4, 0.5) is 4.79 Å². The first-order valence-corrected chi connectivity index (χ1v) is 8.64. The van der Waals surface area contributed by atoms with Crippen LogP contribution in [0.15, 0.2) is 11.8 Å². The molecule has 0 bridgehead atoms. The van der Waals surface area contributed by atoms with E-state index in [1.54, 1.807) is 0 Å². The van der Waals surface area contributed by atoms with Crippen LogP contribution in [0, 0.1) is 0 Å². The van der Waals surface area contributed by atoms with Crippen LogP contribution in [0.5, 0.6) is 0 Å². The van der Waals surface area contributed by atoms with Gasteiger partial charge in [-0.3, -0.25) is 14.4 Å². The Balaban J connectivity index is 2.41. The minimum atomic E-state index is -1.32. The van der Waals surface area contributed by atoms with Crippen molar-refractivity contribution in [3.8, 4) is 0 Å². The van der Waals surface area contributed by atoms with Crippen molar-refractivity contribution in [3.63, 3.8) is 0 Å². The largest absolute Gasteiger partial charge is 0.477 e. The highest BCUT2D eigenvalue weighted by atomic mass is 16.6. The van der Waals surface area contributed by atoms with Gasteiger partial charge < -0.3 is 34.3 Å². The maximum Gasteiger partial charge on any atom is 0.373 e. The molecule has 0 aliphatic carbocycles. The molecule has 5 atom stereocenters. The summed E-state index contributed by atoms with van der Waals surface area (Å²) in [4.78, 5) is 58.3. The van der Waals surface area contributed by atoms with E-state index in [2.05, 4.69) is 15.4 Å². The van der Waals surface area contributed by atoms with Crippen molar-refractivity contribution in [1.82, 2.24) is 10.6 Å². The van der Waals surface area contributed by atoms with Crippen molar-refractivity contribution in [3.05, 3.63) is 11.8 Å². The summed E-state index contributed by atoms with van der Waals surface area (Å²) in [7, 11) is 1.14. The van der Waals surface area contributed by atoms with Crippen molar-refractivity contribution < 1.29 is 47.7 Å². The molecule has 29 heavy (non-hydrogen) atoms. The van der Waals surface area contributed by atoms with Gasteiger partial charge in [-0.15, -0.1) is 0 Å². The Morgan fingerprint density at radius 1 is 1.07 bits per heavy atom. The predicted molar refractivity (Wildman–Crippen MR) is 92.0 cm³/mol. The summed E-state index contributed by atoms with van der Waals surface area (Å²) in [6.07, 6.45) is -2.40. The van der Waals surface area contributed by atoms with Crippen LogP contribution in [-0.4, -0.2) is 74.0 Å². The molecule has 0 radical (unpaired) electrons. The summed E-state index contributed by atoms with van der Waals surface area (Å²) in [5.74, 6) is -3.18. The molecule has 1 fully saturated rings. The summed E-state index contributed by atoms with van der Waals surface area (Å²) in [6.45, 7) is 2.95. The van der Waals surface area contributed by atoms with Gasteiger partial charge in [-0.2, -0.15) is 0 Å². The van der Waals surface area contributed by atoms with Crippen molar-refractivity contribution in [2.45, 2.75) is 51.2 Å². The summed E-state index contributed by atoms with van der Waals surface area (Å²) >= 11 is 0. The summed E-state index contributed by atoms with van der Waals surface area (Å²) in [6, 6.07) is -2.02. The smallest absolute Gasteiger partial charge is 0.373 e.